The van der Waals surface area contributed by atoms with Crippen LogP contribution in [0.2, 0.25) is 0 Å². The molecular formula is C12H20N2O2. The molecule has 16 heavy (non-hydrogen) atoms. The Balaban J connectivity index is 1.93. The molecule has 4 nitrogen and oxygen atoms in total. The standard InChI is InChI=1S/C12H20N2O2/c1-15-11-3-2-5-14(9-11)8-10-4-6-16-12(10)7-13/h4,6,11H,2-3,5,7-9,13H2,1H3. The van der Waals surface area contributed by atoms with Crippen LogP contribution in [0, 0.1) is 0 Å². The van der Waals surface area contributed by atoms with Gasteiger partial charge in [0.25, 0.3) is 0 Å². The first kappa shape index (κ1) is 11.6. The molecule has 1 aromatic rings. The van der Waals surface area contributed by atoms with Crippen molar-refractivity contribution in [3.05, 3.63) is 23.7 Å². The van der Waals surface area contributed by atoms with Crippen molar-refractivity contribution >= 4 is 0 Å². The molecule has 0 amide bonds. The number of hydrogen-bond acceptors (Lipinski definition) is 4. The van der Waals surface area contributed by atoms with E-state index in [1.165, 1.54) is 18.4 Å². The zero-order valence-electron chi connectivity index (χ0n) is 9.82. The van der Waals surface area contributed by atoms with Crippen molar-refractivity contribution in [2.24, 2.45) is 5.73 Å². The Kier molecular flexibility index (Phi) is 3.98. The Morgan fingerprint density at radius 3 is 3.25 bits per heavy atom. The lowest BCUT2D eigenvalue weighted by Gasteiger charge is -2.31. The van der Waals surface area contributed by atoms with E-state index < -0.39 is 0 Å². The van der Waals surface area contributed by atoms with E-state index in [9.17, 15) is 0 Å². The molecule has 1 aromatic heterocycles. The van der Waals surface area contributed by atoms with Crippen LogP contribution < -0.4 is 5.73 Å². The second-order valence-corrected chi connectivity index (χ2v) is 4.31. The van der Waals surface area contributed by atoms with E-state index in [0.717, 1.165) is 25.4 Å². The monoisotopic (exact) mass is 224 g/mol. The van der Waals surface area contributed by atoms with Gasteiger partial charge in [-0.15, -0.1) is 0 Å². The number of ether oxygens (including phenoxy) is 1. The van der Waals surface area contributed by atoms with E-state index in [2.05, 4.69) is 4.90 Å². The average molecular weight is 224 g/mol. The van der Waals surface area contributed by atoms with Crippen molar-refractivity contribution in [3.63, 3.8) is 0 Å². The second kappa shape index (κ2) is 5.48. The smallest absolute Gasteiger partial charge is 0.121 e. The molecule has 0 spiro atoms. The van der Waals surface area contributed by atoms with Gasteiger partial charge < -0.3 is 14.9 Å². The van der Waals surface area contributed by atoms with Crippen LogP contribution in [0.1, 0.15) is 24.2 Å². The van der Waals surface area contributed by atoms with E-state index >= 15 is 0 Å². The number of methoxy groups -OCH3 is 1. The molecule has 0 aromatic carbocycles. The van der Waals surface area contributed by atoms with Crippen LogP contribution in [0.3, 0.4) is 0 Å². The largest absolute Gasteiger partial charge is 0.468 e. The lowest BCUT2D eigenvalue weighted by molar-refractivity contribution is 0.0284. The molecule has 0 saturated carbocycles. The van der Waals surface area contributed by atoms with Gasteiger partial charge in [0.15, 0.2) is 0 Å². The summed E-state index contributed by atoms with van der Waals surface area (Å²) < 4.78 is 10.7. The molecular weight excluding hydrogens is 204 g/mol. The highest BCUT2D eigenvalue weighted by molar-refractivity contribution is 5.16. The highest BCUT2D eigenvalue weighted by atomic mass is 16.5. The number of hydrogen-bond donors (Lipinski definition) is 1. The van der Waals surface area contributed by atoms with Crippen molar-refractivity contribution < 1.29 is 9.15 Å². The quantitative estimate of drug-likeness (QED) is 0.838. The predicted octanol–water partition coefficient (Wildman–Crippen LogP) is 1.35. The van der Waals surface area contributed by atoms with Crippen molar-refractivity contribution in [2.75, 3.05) is 20.2 Å². The molecule has 1 atom stereocenters. The minimum absolute atomic E-state index is 0.377. The topological polar surface area (TPSA) is 51.6 Å². The van der Waals surface area contributed by atoms with Crippen LogP contribution in [0.25, 0.3) is 0 Å². The summed E-state index contributed by atoms with van der Waals surface area (Å²) in [7, 11) is 1.79. The molecule has 0 radical (unpaired) electrons. The molecule has 90 valence electrons. The van der Waals surface area contributed by atoms with Gasteiger partial charge in [0, 0.05) is 25.8 Å². The van der Waals surface area contributed by atoms with E-state index in [4.69, 9.17) is 14.9 Å². The molecule has 1 unspecified atom stereocenters. The van der Waals surface area contributed by atoms with Gasteiger partial charge >= 0.3 is 0 Å². The molecule has 4 heteroatoms. The fourth-order valence-electron chi connectivity index (χ4n) is 2.28. The summed E-state index contributed by atoms with van der Waals surface area (Å²) >= 11 is 0. The first-order chi connectivity index (χ1) is 7.83. The number of likely N-dealkylation sites (tertiary alicyclic amines) is 1. The predicted molar refractivity (Wildman–Crippen MR) is 61.9 cm³/mol. The normalized spacial score (nSPS) is 22.5. The minimum atomic E-state index is 0.377. The Hall–Kier alpha value is -0.840. The second-order valence-electron chi connectivity index (χ2n) is 4.31. The summed E-state index contributed by atoms with van der Waals surface area (Å²) in [5.74, 6) is 0.902. The Morgan fingerprint density at radius 2 is 2.50 bits per heavy atom. The number of nitrogens with two attached hydrogens (primary N) is 1. The van der Waals surface area contributed by atoms with Crippen molar-refractivity contribution in [2.45, 2.75) is 32.0 Å². The molecule has 1 saturated heterocycles. The van der Waals surface area contributed by atoms with Crippen LogP contribution in [-0.4, -0.2) is 31.2 Å². The fraction of sp³-hybridized carbons (Fsp3) is 0.667. The van der Waals surface area contributed by atoms with Gasteiger partial charge in [-0.05, 0) is 25.5 Å². The zero-order valence-corrected chi connectivity index (χ0v) is 9.82. The first-order valence-corrected chi connectivity index (χ1v) is 5.84. The van der Waals surface area contributed by atoms with Gasteiger partial charge in [0.2, 0.25) is 0 Å². The third kappa shape index (κ3) is 2.64. The summed E-state index contributed by atoms with van der Waals surface area (Å²) in [5.41, 5.74) is 6.82. The molecule has 1 aliphatic heterocycles. The Labute approximate surface area is 96.4 Å². The Bertz CT molecular complexity index is 325. The van der Waals surface area contributed by atoms with Crippen LogP contribution in [0.15, 0.2) is 16.7 Å². The SMILES string of the molecule is COC1CCCN(Cc2ccoc2CN)C1. The third-order valence-electron chi connectivity index (χ3n) is 3.21. The summed E-state index contributed by atoms with van der Waals surface area (Å²) in [5, 5.41) is 0. The number of nitrogens with zero attached hydrogens (tertiary/aromatic N) is 1. The fourth-order valence-corrected chi connectivity index (χ4v) is 2.28. The molecule has 0 aliphatic carbocycles. The maximum atomic E-state index is 5.62. The summed E-state index contributed by atoms with van der Waals surface area (Å²) in [6, 6.07) is 2.01. The molecule has 2 rings (SSSR count). The van der Waals surface area contributed by atoms with Gasteiger partial charge in [-0.25, -0.2) is 0 Å². The molecule has 0 bridgehead atoms. The molecule has 1 fully saturated rings. The molecule has 2 N–H and O–H groups in total. The number of furan rings is 1. The minimum Gasteiger partial charge on any atom is -0.468 e. The van der Waals surface area contributed by atoms with Crippen molar-refractivity contribution in [1.82, 2.24) is 4.90 Å². The average Bonchev–Trinajstić information content (AvgIpc) is 2.76. The highest BCUT2D eigenvalue weighted by Gasteiger charge is 2.20. The highest BCUT2D eigenvalue weighted by Crippen LogP contribution is 2.18. The Morgan fingerprint density at radius 1 is 1.62 bits per heavy atom. The van der Waals surface area contributed by atoms with E-state index in [1.54, 1.807) is 13.4 Å². The number of piperidine rings is 1. The summed E-state index contributed by atoms with van der Waals surface area (Å²) in [6.07, 6.45) is 4.47. The van der Waals surface area contributed by atoms with Crippen molar-refractivity contribution in [3.8, 4) is 0 Å². The third-order valence-corrected chi connectivity index (χ3v) is 3.21. The van der Waals surface area contributed by atoms with Gasteiger partial charge in [-0.2, -0.15) is 0 Å². The molecule has 2 heterocycles. The van der Waals surface area contributed by atoms with Crippen LogP contribution >= 0.6 is 0 Å². The van der Waals surface area contributed by atoms with Gasteiger partial charge in [-0.3, -0.25) is 4.90 Å². The lowest BCUT2D eigenvalue weighted by atomic mass is 10.1. The van der Waals surface area contributed by atoms with Crippen LogP contribution in [0.4, 0.5) is 0 Å². The molecule has 1 aliphatic rings. The van der Waals surface area contributed by atoms with E-state index in [-0.39, 0.29) is 0 Å². The summed E-state index contributed by atoms with van der Waals surface area (Å²) in [6.45, 7) is 3.54. The maximum Gasteiger partial charge on any atom is 0.121 e. The van der Waals surface area contributed by atoms with E-state index in [1.807, 2.05) is 6.07 Å². The number of rotatable bonds is 4. The van der Waals surface area contributed by atoms with E-state index in [0.29, 0.717) is 12.6 Å². The lowest BCUT2D eigenvalue weighted by Crippen LogP contribution is -2.38. The maximum absolute atomic E-state index is 5.62. The van der Waals surface area contributed by atoms with Gasteiger partial charge in [0.05, 0.1) is 18.9 Å². The van der Waals surface area contributed by atoms with Crippen molar-refractivity contribution in [1.29, 1.82) is 0 Å². The zero-order chi connectivity index (χ0) is 11.4. The van der Waals surface area contributed by atoms with Crippen LogP contribution in [0.5, 0.6) is 0 Å². The summed E-state index contributed by atoms with van der Waals surface area (Å²) in [4.78, 5) is 2.40. The van der Waals surface area contributed by atoms with Gasteiger partial charge in [-0.1, -0.05) is 0 Å². The van der Waals surface area contributed by atoms with Gasteiger partial charge in [0.1, 0.15) is 5.76 Å². The van der Waals surface area contributed by atoms with Crippen LogP contribution in [-0.2, 0) is 17.8 Å². The first-order valence-electron chi connectivity index (χ1n) is 5.84.